The number of aryl methyl sites for hydroxylation is 1. The molecule has 1 saturated heterocycles. The van der Waals surface area contributed by atoms with Crippen LogP contribution in [-0.4, -0.2) is 48.5 Å². The fraction of sp³-hybridized carbons (Fsp3) is 0.389. The summed E-state index contributed by atoms with van der Waals surface area (Å²) in [6.07, 6.45) is 2.63. The van der Waals surface area contributed by atoms with Crippen LogP contribution in [-0.2, 0) is 27.9 Å². The fourth-order valence-electron chi connectivity index (χ4n) is 2.94. The van der Waals surface area contributed by atoms with Crippen LogP contribution in [0.2, 0.25) is 0 Å². The van der Waals surface area contributed by atoms with Crippen LogP contribution in [0.25, 0.3) is 0 Å². The molecule has 2 amide bonds. The summed E-state index contributed by atoms with van der Waals surface area (Å²) < 4.78 is 17.7. The highest BCUT2D eigenvalue weighted by Crippen LogP contribution is 2.32. The van der Waals surface area contributed by atoms with E-state index in [1.54, 1.807) is 36.1 Å². The molecule has 2 unspecified atom stereocenters. The van der Waals surface area contributed by atoms with Gasteiger partial charge in [-0.1, -0.05) is 6.07 Å². The van der Waals surface area contributed by atoms with Crippen LogP contribution in [0, 0.1) is 0 Å². The third kappa shape index (κ3) is 4.20. The van der Waals surface area contributed by atoms with Crippen molar-refractivity contribution in [2.24, 2.45) is 7.05 Å². The molecule has 144 valence electrons. The third-order valence-corrected chi connectivity index (χ3v) is 4.26. The number of nitrogens with one attached hydrogen (secondary N) is 2. The van der Waals surface area contributed by atoms with Gasteiger partial charge in [-0.3, -0.25) is 14.3 Å². The van der Waals surface area contributed by atoms with Gasteiger partial charge < -0.3 is 24.8 Å². The highest BCUT2D eigenvalue weighted by Gasteiger charge is 2.36. The number of amides is 2. The lowest BCUT2D eigenvalue weighted by atomic mass is 9.98. The van der Waals surface area contributed by atoms with Crippen LogP contribution in [0.3, 0.4) is 0 Å². The van der Waals surface area contributed by atoms with E-state index in [0.29, 0.717) is 23.6 Å². The molecule has 9 heteroatoms. The summed E-state index contributed by atoms with van der Waals surface area (Å²) in [4.78, 5) is 24.5. The lowest BCUT2D eigenvalue weighted by Gasteiger charge is -2.32. The Labute approximate surface area is 156 Å². The molecule has 2 aromatic rings. The molecule has 0 radical (unpaired) electrons. The Morgan fingerprint density at radius 2 is 2.15 bits per heavy atom. The zero-order valence-electron chi connectivity index (χ0n) is 15.4. The van der Waals surface area contributed by atoms with E-state index in [1.807, 2.05) is 6.20 Å². The number of benzene rings is 1. The minimum atomic E-state index is -0.863. The average Bonchev–Trinajstić information content (AvgIpc) is 3.10. The summed E-state index contributed by atoms with van der Waals surface area (Å²) in [5, 5.41) is 9.71. The maximum atomic E-state index is 12.7. The smallest absolute Gasteiger partial charge is 0.251 e. The summed E-state index contributed by atoms with van der Waals surface area (Å²) in [6, 6.07) is 4.57. The number of hydrogen-bond acceptors (Lipinski definition) is 6. The first kappa shape index (κ1) is 18.7. The van der Waals surface area contributed by atoms with E-state index >= 15 is 0 Å². The zero-order valence-corrected chi connectivity index (χ0v) is 15.4. The number of methoxy groups -OCH3 is 2. The van der Waals surface area contributed by atoms with Crippen LogP contribution in [0.1, 0.15) is 17.2 Å². The summed E-state index contributed by atoms with van der Waals surface area (Å²) in [5.74, 6) is 0.455. The number of ether oxygens (including phenoxy) is 3. The first-order chi connectivity index (χ1) is 13.0. The molecule has 0 bridgehead atoms. The predicted molar refractivity (Wildman–Crippen MR) is 95.2 cm³/mol. The van der Waals surface area contributed by atoms with Crippen molar-refractivity contribution in [3.8, 4) is 11.5 Å². The van der Waals surface area contributed by atoms with E-state index in [1.165, 1.54) is 14.2 Å². The second-order valence-corrected chi connectivity index (χ2v) is 6.13. The standard InChI is InChI=1S/C18H22N4O5/c1-22-9-11(8-20-22)7-19-18(24)17-16(21-15(23)10-27-17)12-4-5-13(25-2)14(6-12)26-3/h4-6,8-9,16-17H,7,10H2,1-3H3,(H,19,24)(H,21,23). The number of carbonyl (C=O) groups excluding carboxylic acids is 2. The molecule has 27 heavy (non-hydrogen) atoms. The molecule has 2 heterocycles. The molecule has 0 saturated carbocycles. The topological polar surface area (TPSA) is 104 Å². The second kappa shape index (κ2) is 8.09. The van der Waals surface area contributed by atoms with Crippen molar-refractivity contribution in [1.82, 2.24) is 20.4 Å². The van der Waals surface area contributed by atoms with E-state index in [0.717, 1.165) is 5.56 Å². The predicted octanol–water partition coefficient (Wildman–Crippen LogP) is 0.310. The normalized spacial score (nSPS) is 19.3. The molecule has 1 aliphatic heterocycles. The monoisotopic (exact) mass is 374 g/mol. The Bertz CT molecular complexity index is 835. The SMILES string of the molecule is COc1ccc(C2NC(=O)COC2C(=O)NCc2cnn(C)c2)cc1OC. The van der Waals surface area contributed by atoms with Gasteiger partial charge >= 0.3 is 0 Å². The largest absolute Gasteiger partial charge is 0.493 e. The van der Waals surface area contributed by atoms with Gasteiger partial charge in [0.15, 0.2) is 17.6 Å². The molecule has 2 atom stereocenters. The van der Waals surface area contributed by atoms with Gasteiger partial charge in [0.25, 0.3) is 5.91 Å². The molecule has 3 rings (SSSR count). The minimum Gasteiger partial charge on any atom is -0.493 e. The number of aromatic nitrogens is 2. The molecule has 1 aliphatic rings. The number of nitrogens with zero attached hydrogens (tertiary/aromatic N) is 2. The van der Waals surface area contributed by atoms with E-state index in [2.05, 4.69) is 15.7 Å². The quantitative estimate of drug-likeness (QED) is 0.754. The van der Waals surface area contributed by atoms with E-state index in [9.17, 15) is 9.59 Å². The van der Waals surface area contributed by atoms with Gasteiger partial charge in [0.1, 0.15) is 6.61 Å². The second-order valence-electron chi connectivity index (χ2n) is 6.13. The molecule has 1 aromatic carbocycles. The Morgan fingerprint density at radius 1 is 1.37 bits per heavy atom. The highest BCUT2D eigenvalue weighted by atomic mass is 16.5. The molecule has 1 fully saturated rings. The molecule has 0 spiro atoms. The van der Waals surface area contributed by atoms with E-state index < -0.39 is 12.1 Å². The summed E-state index contributed by atoms with van der Waals surface area (Å²) in [6.45, 7) is 0.147. The van der Waals surface area contributed by atoms with E-state index in [4.69, 9.17) is 14.2 Å². The van der Waals surface area contributed by atoms with Gasteiger partial charge in [0.05, 0.1) is 26.5 Å². The van der Waals surface area contributed by atoms with E-state index in [-0.39, 0.29) is 18.4 Å². The average molecular weight is 374 g/mol. The minimum absolute atomic E-state index is 0.172. The van der Waals surface area contributed by atoms with Crippen molar-refractivity contribution in [2.75, 3.05) is 20.8 Å². The van der Waals surface area contributed by atoms with Crippen molar-refractivity contribution in [2.45, 2.75) is 18.7 Å². The number of carbonyl (C=O) groups is 2. The fourth-order valence-corrected chi connectivity index (χ4v) is 2.94. The summed E-state index contributed by atoms with van der Waals surface area (Å²) >= 11 is 0. The molecular weight excluding hydrogens is 352 g/mol. The first-order valence-corrected chi connectivity index (χ1v) is 8.40. The Kier molecular flexibility index (Phi) is 5.60. The van der Waals surface area contributed by atoms with Crippen molar-refractivity contribution < 1.29 is 23.8 Å². The Morgan fingerprint density at radius 3 is 2.81 bits per heavy atom. The van der Waals surface area contributed by atoms with Gasteiger partial charge in [-0.05, 0) is 17.7 Å². The van der Waals surface area contributed by atoms with Gasteiger partial charge in [0, 0.05) is 25.4 Å². The summed E-state index contributed by atoms with van der Waals surface area (Å²) in [7, 11) is 4.87. The Hall–Kier alpha value is -3.07. The maximum absolute atomic E-state index is 12.7. The lowest BCUT2D eigenvalue weighted by Crippen LogP contribution is -2.52. The number of morpholine rings is 1. The lowest BCUT2D eigenvalue weighted by molar-refractivity contribution is -0.148. The van der Waals surface area contributed by atoms with Gasteiger partial charge in [-0.15, -0.1) is 0 Å². The van der Waals surface area contributed by atoms with Crippen LogP contribution in [0.15, 0.2) is 30.6 Å². The molecule has 9 nitrogen and oxygen atoms in total. The number of hydrogen-bond donors (Lipinski definition) is 2. The molecule has 1 aromatic heterocycles. The van der Waals surface area contributed by atoms with Gasteiger partial charge in [-0.25, -0.2) is 0 Å². The third-order valence-electron chi connectivity index (χ3n) is 4.26. The van der Waals surface area contributed by atoms with Gasteiger partial charge in [-0.2, -0.15) is 5.10 Å². The molecular formula is C18H22N4O5. The van der Waals surface area contributed by atoms with Crippen LogP contribution >= 0.6 is 0 Å². The van der Waals surface area contributed by atoms with Gasteiger partial charge in [0.2, 0.25) is 5.91 Å². The highest BCUT2D eigenvalue weighted by molar-refractivity contribution is 5.86. The van der Waals surface area contributed by atoms with Crippen molar-refractivity contribution >= 4 is 11.8 Å². The Balaban J connectivity index is 1.78. The maximum Gasteiger partial charge on any atom is 0.251 e. The molecule has 0 aliphatic carbocycles. The first-order valence-electron chi connectivity index (χ1n) is 8.40. The van der Waals surface area contributed by atoms with Crippen LogP contribution < -0.4 is 20.1 Å². The van der Waals surface area contributed by atoms with Crippen LogP contribution in [0.4, 0.5) is 0 Å². The zero-order chi connectivity index (χ0) is 19.4. The molecule has 2 N–H and O–H groups in total. The van der Waals surface area contributed by atoms with Crippen molar-refractivity contribution in [3.05, 3.63) is 41.7 Å². The summed E-state index contributed by atoms with van der Waals surface area (Å²) in [5.41, 5.74) is 1.55. The van der Waals surface area contributed by atoms with Crippen molar-refractivity contribution in [3.63, 3.8) is 0 Å². The van der Waals surface area contributed by atoms with Crippen molar-refractivity contribution in [1.29, 1.82) is 0 Å². The number of rotatable bonds is 6. The van der Waals surface area contributed by atoms with Crippen LogP contribution in [0.5, 0.6) is 11.5 Å².